The molecule has 138 valence electrons. The molecular formula is C21H29N5. The highest BCUT2D eigenvalue weighted by molar-refractivity contribution is 5.68. The van der Waals surface area contributed by atoms with Gasteiger partial charge in [-0.2, -0.15) is 5.53 Å². The van der Waals surface area contributed by atoms with Crippen LogP contribution in [0.5, 0.6) is 0 Å². The lowest BCUT2D eigenvalue weighted by atomic mass is 9.83. The van der Waals surface area contributed by atoms with E-state index in [9.17, 15) is 0 Å². The van der Waals surface area contributed by atoms with Crippen LogP contribution in [0.15, 0.2) is 64.9 Å². The second-order valence-electron chi connectivity index (χ2n) is 7.47. The molecule has 0 spiro atoms. The van der Waals surface area contributed by atoms with Crippen LogP contribution >= 0.6 is 0 Å². The van der Waals surface area contributed by atoms with Gasteiger partial charge in [-0.3, -0.25) is 4.99 Å². The smallest absolute Gasteiger partial charge is 0.0695 e. The van der Waals surface area contributed by atoms with Crippen LogP contribution in [0.25, 0.3) is 0 Å². The average molecular weight is 351 g/mol. The third-order valence-corrected chi connectivity index (χ3v) is 5.74. The van der Waals surface area contributed by atoms with Crippen LogP contribution in [-0.4, -0.2) is 30.9 Å². The predicted molar refractivity (Wildman–Crippen MR) is 107 cm³/mol. The Morgan fingerprint density at radius 1 is 1.31 bits per heavy atom. The zero-order valence-electron chi connectivity index (χ0n) is 15.4. The normalized spacial score (nSPS) is 35.4. The second kappa shape index (κ2) is 7.74. The molecule has 3 heterocycles. The van der Waals surface area contributed by atoms with Gasteiger partial charge in [0.15, 0.2) is 0 Å². The van der Waals surface area contributed by atoms with E-state index in [0.717, 1.165) is 13.0 Å². The Morgan fingerprint density at radius 2 is 2.23 bits per heavy atom. The highest BCUT2D eigenvalue weighted by Crippen LogP contribution is 2.31. The van der Waals surface area contributed by atoms with E-state index in [1.165, 1.54) is 29.6 Å². The summed E-state index contributed by atoms with van der Waals surface area (Å²) in [6, 6.07) is 0.599. The summed E-state index contributed by atoms with van der Waals surface area (Å²) in [5.41, 5.74) is 13.7. The van der Waals surface area contributed by atoms with Crippen LogP contribution in [0, 0.1) is 11.8 Å². The summed E-state index contributed by atoms with van der Waals surface area (Å²) >= 11 is 0. The first kappa shape index (κ1) is 17.5. The number of hydrogen-bond acceptors (Lipinski definition) is 5. The summed E-state index contributed by atoms with van der Waals surface area (Å²) in [7, 11) is 0. The van der Waals surface area contributed by atoms with Gasteiger partial charge in [-0.15, -0.1) is 6.58 Å². The largest absolute Gasteiger partial charge is 0.380 e. The van der Waals surface area contributed by atoms with Crippen molar-refractivity contribution in [2.45, 2.75) is 44.3 Å². The van der Waals surface area contributed by atoms with Gasteiger partial charge in [0.05, 0.1) is 18.1 Å². The van der Waals surface area contributed by atoms with Crippen molar-refractivity contribution in [1.82, 2.24) is 21.7 Å². The summed E-state index contributed by atoms with van der Waals surface area (Å²) in [5.74, 6) is 1.02. The van der Waals surface area contributed by atoms with Crippen LogP contribution in [0.4, 0.5) is 0 Å². The van der Waals surface area contributed by atoms with E-state index in [2.05, 4.69) is 76.9 Å². The monoisotopic (exact) mass is 351 g/mol. The summed E-state index contributed by atoms with van der Waals surface area (Å²) < 4.78 is 0. The van der Waals surface area contributed by atoms with Crippen molar-refractivity contribution in [3.8, 4) is 0 Å². The van der Waals surface area contributed by atoms with E-state index < -0.39 is 0 Å². The quantitative estimate of drug-likeness (QED) is 0.555. The molecule has 0 saturated carbocycles. The fourth-order valence-corrected chi connectivity index (χ4v) is 4.15. The molecule has 1 saturated heterocycles. The van der Waals surface area contributed by atoms with Crippen molar-refractivity contribution in [1.29, 1.82) is 0 Å². The molecule has 4 N–H and O–H groups in total. The van der Waals surface area contributed by atoms with E-state index in [-0.39, 0.29) is 18.1 Å². The third kappa shape index (κ3) is 3.34. The molecule has 0 aromatic heterocycles. The molecule has 5 unspecified atom stereocenters. The maximum atomic E-state index is 4.44. The molecule has 1 aliphatic carbocycles. The van der Waals surface area contributed by atoms with Gasteiger partial charge < -0.3 is 5.32 Å². The molecule has 5 heteroatoms. The van der Waals surface area contributed by atoms with Crippen LogP contribution in [-0.2, 0) is 0 Å². The van der Waals surface area contributed by atoms with Crippen molar-refractivity contribution >= 4 is 6.21 Å². The average Bonchev–Trinajstić information content (AvgIpc) is 3.34. The number of rotatable bonds is 6. The number of hydrazine groups is 2. The van der Waals surface area contributed by atoms with Gasteiger partial charge in [0.2, 0.25) is 0 Å². The Kier molecular flexibility index (Phi) is 5.20. The molecule has 1 fully saturated rings. The van der Waals surface area contributed by atoms with Gasteiger partial charge in [0.1, 0.15) is 0 Å². The summed E-state index contributed by atoms with van der Waals surface area (Å²) in [6.07, 6.45) is 19.2. The molecular weight excluding hydrogens is 322 g/mol. The van der Waals surface area contributed by atoms with Gasteiger partial charge in [-0.25, -0.2) is 10.9 Å². The Labute approximate surface area is 156 Å². The molecule has 4 rings (SSSR count). The SMILES string of the molecule is C=CC1NNNC1C1=CNC(C2=CC3C=NCC3C=C2)C=C1CCCC. The Bertz CT molecular complexity index is 699. The molecule has 3 aliphatic heterocycles. The number of nitrogens with one attached hydrogen (secondary N) is 4. The minimum Gasteiger partial charge on any atom is -0.380 e. The van der Waals surface area contributed by atoms with Crippen molar-refractivity contribution in [3.05, 3.63) is 59.9 Å². The van der Waals surface area contributed by atoms with Gasteiger partial charge >= 0.3 is 0 Å². The molecule has 5 atom stereocenters. The molecule has 0 bridgehead atoms. The lowest BCUT2D eigenvalue weighted by Crippen LogP contribution is -2.39. The van der Waals surface area contributed by atoms with Crippen molar-refractivity contribution in [2.24, 2.45) is 16.8 Å². The highest BCUT2D eigenvalue weighted by Gasteiger charge is 2.32. The lowest BCUT2D eigenvalue weighted by Gasteiger charge is -2.30. The standard InChI is InChI=1S/C21H29N5/c1-3-5-6-14-10-20(15-7-8-16-11-22-12-17(16)9-15)23-13-18(14)21-19(4-2)24-26-25-21/h4,7-10,12-13,16-17,19-21,23-26H,2-3,5-6,11H2,1H3. The second-order valence-corrected chi connectivity index (χ2v) is 7.47. The highest BCUT2D eigenvalue weighted by atomic mass is 15.7. The summed E-state index contributed by atoms with van der Waals surface area (Å²) in [4.78, 5) is 4.44. The molecule has 26 heavy (non-hydrogen) atoms. The van der Waals surface area contributed by atoms with Gasteiger partial charge in [0, 0.05) is 30.8 Å². The Balaban J connectivity index is 1.56. The van der Waals surface area contributed by atoms with Gasteiger partial charge in [-0.05, 0) is 29.6 Å². The number of dihydropyridines is 1. The van der Waals surface area contributed by atoms with E-state index in [0.29, 0.717) is 11.8 Å². The number of allylic oxidation sites excluding steroid dienone is 1. The molecule has 0 radical (unpaired) electrons. The molecule has 0 aromatic rings. The van der Waals surface area contributed by atoms with Crippen molar-refractivity contribution in [3.63, 3.8) is 0 Å². The lowest BCUT2D eigenvalue weighted by molar-refractivity contribution is 0.563. The number of fused-ring (bicyclic) bond motifs is 1. The van der Waals surface area contributed by atoms with E-state index in [1.807, 2.05) is 6.08 Å². The Hall–Kier alpha value is -1.95. The topological polar surface area (TPSA) is 60.5 Å². The molecule has 5 nitrogen and oxygen atoms in total. The number of nitrogens with zero attached hydrogens (tertiary/aromatic N) is 1. The summed E-state index contributed by atoms with van der Waals surface area (Å²) in [5, 5.41) is 3.61. The van der Waals surface area contributed by atoms with Crippen LogP contribution < -0.4 is 21.7 Å². The van der Waals surface area contributed by atoms with Crippen LogP contribution in [0.2, 0.25) is 0 Å². The predicted octanol–water partition coefficient (Wildman–Crippen LogP) is 2.31. The maximum absolute atomic E-state index is 4.44. The number of unbranched alkanes of at least 4 members (excludes halogenated alkanes) is 1. The van der Waals surface area contributed by atoms with Crippen molar-refractivity contribution in [2.75, 3.05) is 6.54 Å². The zero-order valence-corrected chi connectivity index (χ0v) is 15.4. The van der Waals surface area contributed by atoms with E-state index >= 15 is 0 Å². The minimum absolute atomic E-state index is 0.175. The van der Waals surface area contributed by atoms with Gasteiger partial charge in [0.25, 0.3) is 0 Å². The van der Waals surface area contributed by atoms with E-state index in [1.54, 1.807) is 0 Å². The fraction of sp³-hybridized carbons (Fsp3) is 0.476. The van der Waals surface area contributed by atoms with Crippen molar-refractivity contribution < 1.29 is 0 Å². The minimum atomic E-state index is 0.175. The number of hydrogen-bond donors (Lipinski definition) is 4. The van der Waals surface area contributed by atoms with Gasteiger partial charge in [-0.1, -0.05) is 43.7 Å². The molecule has 4 aliphatic rings. The zero-order chi connectivity index (χ0) is 17.9. The molecule has 0 aromatic carbocycles. The van der Waals surface area contributed by atoms with E-state index in [4.69, 9.17) is 0 Å². The number of aliphatic imine (C=N–C) groups is 1. The maximum Gasteiger partial charge on any atom is 0.0695 e. The Morgan fingerprint density at radius 3 is 3.08 bits per heavy atom. The van der Waals surface area contributed by atoms with Crippen LogP contribution in [0.1, 0.15) is 26.2 Å². The first-order valence-electron chi connectivity index (χ1n) is 9.76. The molecule has 0 amide bonds. The third-order valence-electron chi connectivity index (χ3n) is 5.74. The fourth-order valence-electron chi connectivity index (χ4n) is 4.15. The first-order valence-corrected chi connectivity index (χ1v) is 9.76. The first-order chi connectivity index (χ1) is 12.8. The van der Waals surface area contributed by atoms with Crippen LogP contribution in [0.3, 0.4) is 0 Å². The summed E-state index contributed by atoms with van der Waals surface area (Å²) in [6.45, 7) is 7.13.